The topological polar surface area (TPSA) is 50.7 Å². The predicted octanol–water partition coefficient (Wildman–Crippen LogP) is 2.70. The van der Waals surface area contributed by atoms with Crippen LogP contribution < -0.4 is 5.32 Å². The van der Waals surface area contributed by atoms with E-state index < -0.39 is 0 Å². The Hall–Kier alpha value is -1.68. The van der Waals surface area contributed by atoms with Crippen molar-refractivity contribution in [3.8, 4) is 0 Å². The van der Waals surface area contributed by atoms with Crippen LogP contribution in [0.4, 0.5) is 5.95 Å². The fourth-order valence-electron chi connectivity index (χ4n) is 1.41. The molecule has 2 rings (SSSR count). The maximum atomic E-state index is 5.91. The maximum absolute atomic E-state index is 5.91. The maximum Gasteiger partial charge on any atom is 0.224 e. The molecule has 0 spiro atoms. The highest BCUT2D eigenvalue weighted by atomic mass is 35.5. The van der Waals surface area contributed by atoms with Crippen molar-refractivity contribution in [2.24, 2.45) is 0 Å². The zero-order chi connectivity index (χ0) is 12.1. The summed E-state index contributed by atoms with van der Waals surface area (Å²) in [5, 5.41) is 3.59. The van der Waals surface area contributed by atoms with Gasteiger partial charge in [0.2, 0.25) is 5.95 Å². The molecule has 1 N–H and O–H groups in total. The molecular formula is C12H13ClN4. The minimum absolute atomic E-state index is 0.463. The number of halogens is 1. The molecule has 0 saturated heterocycles. The van der Waals surface area contributed by atoms with E-state index in [0.717, 1.165) is 17.7 Å². The summed E-state index contributed by atoms with van der Waals surface area (Å²) in [6, 6.07) is 5.66. The minimum Gasteiger partial charge on any atom is -0.350 e. The van der Waals surface area contributed by atoms with E-state index in [9.17, 15) is 0 Å². The summed E-state index contributed by atoms with van der Waals surface area (Å²) in [6.45, 7) is 2.67. The van der Waals surface area contributed by atoms with Crippen molar-refractivity contribution in [2.45, 2.75) is 19.9 Å². The average Bonchev–Trinajstić information content (AvgIpc) is 2.37. The van der Waals surface area contributed by atoms with Crippen molar-refractivity contribution in [3.63, 3.8) is 0 Å². The number of aromatic nitrogens is 3. The van der Waals surface area contributed by atoms with Crippen LogP contribution in [0.5, 0.6) is 0 Å². The molecule has 0 radical (unpaired) electrons. The third-order valence-electron chi connectivity index (χ3n) is 2.28. The quantitative estimate of drug-likeness (QED) is 0.846. The van der Waals surface area contributed by atoms with Gasteiger partial charge in [-0.3, -0.25) is 4.98 Å². The second-order valence-electron chi connectivity index (χ2n) is 3.57. The Morgan fingerprint density at radius 3 is 2.94 bits per heavy atom. The Bertz CT molecular complexity index is 487. The van der Waals surface area contributed by atoms with Gasteiger partial charge in [-0.25, -0.2) is 9.97 Å². The summed E-state index contributed by atoms with van der Waals surface area (Å²) < 4.78 is 0. The molecule has 0 fully saturated rings. The molecule has 0 saturated carbocycles. The average molecular weight is 249 g/mol. The predicted molar refractivity (Wildman–Crippen MR) is 68.0 cm³/mol. The molecule has 2 aromatic rings. The second kappa shape index (κ2) is 5.59. The second-order valence-corrected chi connectivity index (χ2v) is 3.96. The first kappa shape index (κ1) is 11.8. The molecule has 2 aromatic heterocycles. The summed E-state index contributed by atoms with van der Waals surface area (Å²) >= 11 is 5.91. The fraction of sp³-hybridized carbons (Fsp3) is 0.250. The Morgan fingerprint density at radius 2 is 2.24 bits per heavy atom. The molecule has 4 nitrogen and oxygen atoms in total. The number of hydrogen-bond acceptors (Lipinski definition) is 4. The van der Waals surface area contributed by atoms with E-state index in [-0.39, 0.29) is 0 Å². The Labute approximate surface area is 105 Å². The highest BCUT2D eigenvalue weighted by Crippen LogP contribution is 2.11. The van der Waals surface area contributed by atoms with Crippen LogP contribution in [0.25, 0.3) is 0 Å². The van der Waals surface area contributed by atoms with Crippen LogP contribution in [0.15, 0.2) is 30.6 Å². The lowest BCUT2D eigenvalue weighted by molar-refractivity contribution is 0.972. The number of rotatable bonds is 4. The zero-order valence-corrected chi connectivity index (χ0v) is 10.3. The minimum atomic E-state index is 0.463. The van der Waals surface area contributed by atoms with Crippen LogP contribution in [-0.2, 0) is 13.0 Å². The van der Waals surface area contributed by atoms with Gasteiger partial charge in [-0.15, -0.1) is 0 Å². The molecule has 0 aliphatic carbocycles. The van der Waals surface area contributed by atoms with Crippen LogP contribution in [0.3, 0.4) is 0 Å². The van der Waals surface area contributed by atoms with Gasteiger partial charge in [0.25, 0.3) is 0 Å². The summed E-state index contributed by atoms with van der Waals surface area (Å²) in [5.74, 6) is 0.554. The molecule has 0 atom stereocenters. The third-order valence-corrected chi connectivity index (χ3v) is 2.48. The highest BCUT2D eigenvalue weighted by Gasteiger charge is 2.01. The van der Waals surface area contributed by atoms with E-state index in [1.54, 1.807) is 18.5 Å². The number of pyridine rings is 1. The highest BCUT2D eigenvalue weighted by molar-refractivity contribution is 6.29. The van der Waals surface area contributed by atoms with Crippen molar-refractivity contribution in [3.05, 3.63) is 47.0 Å². The van der Waals surface area contributed by atoms with Crippen LogP contribution in [0.2, 0.25) is 5.15 Å². The molecule has 0 aliphatic heterocycles. The SMILES string of the molecule is CCc1cc(Cl)nc(NCc2cccnc2)n1. The molecule has 2 heterocycles. The van der Waals surface area contributed by atoms with Gasteiger partial charge >= 0.3 is 0 Å². The van der Waals surface area contributed by atoms with Crippen molar-refractivity contribution in [2.75, 3.05) is 5.32 Å². The van der Waals surface area contributed by atoms with Crippen molar-refractivity contribution in [1.29, 1.82) is 0 Å². The first-order chi connectivity index (χ1) is 8.28. The number of hydrogen-bond donors (Lipinski definition) is 1. The molecule has 88 valence electrons. The fourth-order valence-corrected chi connectivity index (χ4v) is 1.61. The van der Waals surface area contributed by atoms with Crippen LogP contribution >= 0.6 is 11.6 Å². The zero-order valence-electron chi connectivity index (χ0n) is 9.52. The largest absolute Gasteiger partial charge is 0.350 e. The molecular weight excluding hydrogens is 236 g/mol. The standard InChI is InChI=1S/C12H13ClN4/c1-2-10-6-11(13)17-12(16-10)15-8-9-4-3-5-14-7-9/h3-7H,2,8H2,1H3,(H,15,16,17). The van der Waals surface area contributed by atoms with Crippen LogP contribution in [0, 0.1) is 0 Å². The molecule has 0 unspecified atom stereocenters. The van der Waals surface area contributed by atoms with Gasteiger partial charge in [-0.05, 0) is 24.1 Å². The Kier molecular flexibility index (Phi) is 3.88. The molecule has 0 aliphatic rings. The van der Waals surface area contributed by atoms with Gasteiger partial charge in [0, 0.05) is 24.6 Å². The van der Waals surface area contributed by atoms with Crippen molar-refractivity contribution >= 4 is 17.5 Å². The molecule has 17 heavy (non-hydrogen) atoms. The normalized spacial score (nSPS) is 10.2. The van der Waals surface area contributed by atoms with Gasteiger partial charge in [-0.2, -0.15) is 0 Å². The monoisotopic (exact) mass is 248 g/mol. The van der Waals surface area contributed by atoms with Crippen LogP contribution in [-0.4, -0.2) is 15.0 Å². The molecule has 0 aromatic carbocycles. The number of aryl methyl sites for hydroxylation is 1. The lowest BCUT2D eigenvalue weighted by Gasteiger charge is -2.06. The van der Waals surface area contributed by atoms with Crippen molar-refractivity contribution < 1.29 is 0 Å². The van der Waals surface area contributed by atoms with E-state index in [4.69, 9.17) is 11.6 Å². The van der Waals surface area contributed by atoms with E-state index in [0.29, 0.717) is 17.6 Å². The van der Waals surface area contributed by atoms with Gasteiger partial charge in [0.1, 0.15) is 5.15 Å². The Balaban J connectivity index is 2.06. The molecule has 0 amide bonds. The lowest BCUT2D eigenvalue weighted by Crippen LogP contribution is -2.05. The molecule has 0 bridgehead atoms. The van der Waals surface area contributed by atoms with Gasteiger partial charge < -0.3 is 5.32 Å². The van der Waals surface area contributed by atoms with E-state index in [1.807, 2.05) is 19.1 Å². The third kappa shape index (κ3) is 3.39. The first-order valence-electron chi connectivity index (χ1n) is 5.44. The summed E-state index contributed by atoms with van der Waals surface area (Å²) in [4.78, 5) is 12.5. The smallest absolute Gasteiger partial charge is 0.224 e. The van der Waals surface area contributed by atoms with Gasteiger partial charge in [0.15, 0.2) is 0 Å². The van der Waals surface area contributed by atoms with Gasteiger partial charge in [0.05, 0.1) is 0 Å². The summed E-state index contributed by atoms with van der Waals surface area (Å²) in [5.41, 5.74) is 2.01. The lowest BCUT2D eigenvalue weighted by atomic mass is 10.3. The summed E-state index contributed by atoms with van der Waals surface area (Å²) in [6.07, 6.45) is 4.39. The van der Waals surface area contributed by atoms with E-state index >= 15 is 0 Å². The first-order valence-corrected chi connectivity index (χ1v) is 5.82. The van der Waals surface area contributed by atoms with Crippen LogP contribution in [0.1, 0.15) is 18.2 Å². The molecule has 5 heteroatoms. The number of nitrogens with zero attached hydrogens (tertiary/aromatic N) is 3. The number of nitrogens with one attached hydrogen (secondary N) is 1. The summed E-state index contributed by atoms with van der Waals surface area (Å²) in [7, 11) is 0. The Morgan fingerprint density at radius 1 is 1.35 bits per heavy atom. The van der Waals surface area contributed by atoms with E-state index in [2.05, 4.69) is 20.3 Å². The number of anilines is 1. The van der Waals surface area contributed by atoms with Crippen molar-refractivity contribution in [1.82, 2.24) is 15.0 Å². The van der Waals surface area contributed by atoms with Gasteiger partial charge in [-0.1, -0.05) is 24.6 Å². The van der Waals surface area contributed by atoms with E-state index in [1.165, 1.54) is 0 Å².